The van der Waals surface area contributed by atoms with Gasteiger partial charge in [0.2, 0.25) is 15.9 Å². The van der Waals surface area contributed by atoms with Gasteiger partial charge in [0, 0.05) is 19.5 Å². The Morgan fingerprint density at radius 1 is 1.27 bits per heavy atom. The van der Waals surface area contributed by atoms with Crippen molar-refractivity contribution in [2.24, 2.45) is 0 Å². The molecule has 0 aliphatic rings. The van der Waals surface area contributed by atoms with Crippen molar-refractivity contribution < 1.29 is 17.9 Å². The summed E-state index contributed by atoms with van der Waals surface area (Å²) in [5, 5.41) is 2.70. The molecule has 0 aliphatic carbocycles. The number of para-hydroxylation sites is 2. The molecule has 22 heavy (non-hydrogen) atoms. The van der Waals surface area contributed by atoms with Gasteiger partial charge in [0.05, 0.1) is 18.6 Å². The largest absolute Gasteiger partial charge is 0.492 e. The van der Waals surface area contributed by atoms with Crippen LogP contribution >= 0.6 is 0 Å². The van der Waals surface area contributed by atoms with Gasteiger partial charge in [-0.25, -0.2) is 8.42 Å². The highest BCUT2D eigenvalue weighted by Crippen LogP contribution is 2.30. The van der Waals surface area contributed by atoms with Gasteiger partial charge in [0.25, 0.3) is 0 Å². The standard InChI is InChI=1S/C15H24N2O4S/c1-4-16-15(18)11-8-12-17(22(3,19)20)13-9-6-7-10-14(13)21-5-2/h6-7,9-10H,4-5,8,11-12H2,1-3H3,(H,16,18). The predicted octanol–water partition coefficient (Wildman–Crippen LogP) is 1.77. The first kappa shape index (κ1) is 18.3. The maximum atomic E-state index is 12.1. The molecule has 0 unspecified atom stereocenters. The van der Waals surface area contributed by atoms with E-state index in [1.54, 1.807) is 24.3 Å². The van der Waals surface area contributed by atoms with Crippen molar-refractivity contribution in [1.82, 2.24) is 5.32 Å². The van der Waals surface area contributed by atoms with Crippen LogP contribution in [0.4, 0.5) is 5.69 Å². The molecule has 0 saturated heterocycles. The number of carbonyl (C=O) groups excluding carboxylic acids is 1. The van der Waals surface area contributed by atoms with E-state index in [4.69, 9.17) is 4.74 Å². The fourth-order valence-corrected chi connectivity index (χ4v) is 3.04. The van der Waals surface area contributed by atoms with Crippen molar-refractivity contribution >= 4 is 21.6 Å². The van der Waals surface area contributed by atoms with Crippen molar-refractivity contribution in [2.75, 3.05) is 30.3 Å². The fraction of sp³-hybridized carbons (Fsp3) is 0.533. The summed E-state index contributed by atoms with van der Waals surface area (Å²) < 4.78 is 30.9. The predicted molar refractivity (Wildman–Crippen MR) is 87.7 cm³/mol. The van der Waals surface area contributed by atoms with Crippen molar-refractivity contribution in [3.05, 3.63) is 24.3 Å². The molecule has 1 amide bonds. The number of hydrogen-bond donors (Lipinski definition) is 1. The molecular formula is C15H24N2O4S. The van der Waals surface area contributed by atoms with E-state index < -0.39 is 10.0 Å². The molecule has 0 heterocycles. The lowest BCUT2D eigenvalue weighted by Gasteiger charge is -2.24. The highest BCUT2D eigenvalue weighted by Gasteiger charge is 2.20. The van der Waals surface area contributed by atoms with Gasteiger partial charge >= 0.3 is 0 Å². The van der Waals surface area contributed by atoms with Crippen LogP contribution in [-0.4, -0.2) is 40.3 Å². The first-order valence-corrected chi connectivity index (χ1v) is 9.21. The van der Waals surface area contributed by atoms with Crippen LogP contribution in [0.1, 0.15) is 26.7 Å². The first-order chi connectivity index (χ1) is 10.4. The maximum Gasteiger partial charge on any atom is 0.232 e. The fourth-order valence-electron chi connectivity index (χ4n) is 2.07. The highest BCUT2D eigenvalue weighted by atomic mass is 32.2. The van der Waals surface area contributed by atoms with Crippen molar-refractivity contribution in [3.8, 4) is 5.75 Å². The van der Waals surface area contributed by atoms with E-state index in [2.05, 4.69) is 5.32 Å². The summed E-state index contributed by atoms with van der Waals surface area (Å²) in [5.41, 5.74) is 0.503. The zero-order valence-corrected chi connectivity index (χ0v) is 14.1. The monoisotopic (exact) mass is 328 g/mol. The summed E-state index contributed by atoms with van der Waals surface area (Å²) in [7, 11) is -3.45. The molecule has 0 aromatic heterocycles. The van der Waals surface area contributed by atoms with Crippen LogP contribution in [0.5, 0.6) is 5.75 Å². The Morgan fingerprint density at radius 2 is 1.95 bits per heavy atom. The normalized spacial score (nSPS) is 11.0. The Balaban J connectivity index is 2.89. The van der Waals surface area contributed by atoms with Crippen LogP contribution < -0.4 is 14.4 Å². The van der Waals surface area contributed by atoms with E-state index in [9.17, 15) is 13.2 Å². The zero-order chi connectivity index (χ0) is 16.6. The number of rotatable bonds is 9. The van der Waals surface area contributed by atoms with Gasteiger partial charge < -0.3 is 10.1 Å². The average Bonchev–Trinajstić information content (AvgIpc) is 2.44. The topological polar surface area (TPSA) is 75.7 Å². The second kappa shape index (κ2) is 8.63. The minimum absolute atomic E-state index is 0.0750. The lowest BCUT2D eigenvalue weighted by atomic mass is 10.2. The SMILES string of the molecule is CCNC(=O)CCCN(c1ccccc1OCC)S(C)(=O)=O. The maximum absolute atomic E-state index is 12.1. The van der Waals surface area contributed by atoms with E-state index >= 15 is 0 Å². The molecule has 0 bridgehead atoms. The summed E-state index contributed by atoms with van der Waals surface area (Å²) in [6, 6.07) is 7.00. The average molecular weight is 328 g/mol. The summed E-state index contributed by atoms with van der Waals surface area (Å²) in [6.07, 6.45) is 1.89. The van der Waals surface area contributed by atoms with Gasteiger partial charge in [-0.3, -0.25) is 9.10 Å². The minimum atomic E-state index is -3.45. The molecule has 1 aromatic rings. The molecule has 0 atom stereocenters. The third-order valence-corrected chi connectivity index (χ3v) is 4.15. The Hall–Kier alpha value is -1.76. The van der Waals surface area contributed by atoms with E-state index in [1.165, 1.54) is 4.31 Å². The van der Waals surface area contributed by atoms with Gasteiger partial charge in [-0.05, 0) is 32.4 Å². The number of nitrogens with one attached hydrogen (secondary N) is 1. The molecule has 124 valence electrons. The van der Waals surface area contributed by atoms with Crippen LogP contribution in [0.2, 0.25) is 0 Å². The minimum Gasteiger partial charge on any atom is -0.492 e. The molecule has 7 heteroatoms. The Bertz CT molecular complexity index is 587. The van der Waals surface area contributed by atoms with Gasteiger partial charge in [0.1, 0.15) is 5.75 Å². The lowest BCUT2D eigenvalue weighted by molar-refractivity contribution is -0.121. The highest BCUT2D eigenvalue weighted by molar-refractivity contribution is 7.92. The molecule has 0 radical (unpaired) electrons. The second-order valence-corrected chi connectivity index (χ2v) is 6.70. The first-order valence-electron chi connectivity index (χ1n) is 7.36. The number of nitrogens with zero attached hydrogens (tertiary/aromatic N) is 1. The third kappa shape index (κ3) is 5.55. The number of ether oxygens (including phenoxy) is 1. The third-order valence-electron chi connectivity index (χ3n) is 2.97. The molecule has 0 spiro atoms. The number of amides is 1. The van der Waals surface area contributed by atoms with E-state index in [0.29, 0.717) is 31.0 Å². The number of carbonyl (C=O) groups is 1. The van der Waals surface area contributed by atoms with Gasteiger partial charge in [-0.1, -0.05) is 12.1 Å². The summed E-state index contributed by atoms with van der Waals surface area (Å²) in [6.45, 7) is 4.95. The zero-order valence-electron chi connectivity index (χ0n) is 13.3. The van der Waals surface area contributed by atoms with Crippen LogP contribution in [0.15, 0.2) is 24.3 Å². The quantitative estimate of drug-likeness (QED) is 0.749. The number of anilines is 1. The van der Waals surface area contributed by atoms with Crippen LogP contribution in [0.3, 0.4) is 0 Å². The second-order valence-electron chi connectivity index (χ2n) is 4.79. The van der Waals surface area contributed by atoms with E-state index in [0.717, 1.165) is 6.26 Å². The van der Waals surface area contributed by atoms with Crippen LogP contribution in [0, 0.1) is 0 Å². The molecule has 0 aliphatic heterocycles. The summed E-state index contributed by atoms with van der Waals surface area (Å²) >= 11 is 0. The van der Waals surface area contributed by atoms with Crippen LogP contribution in [-0.2, 0) is 14.8 Å². The Morgan fingerprint density at radius 3 is 2.55 bits per heavy atom. The molecule has 0 saturated carbocycles. The van der Waals surface area contributed by atoms with Gasteiger partial charge in [-0.15, -0.1) is 0 Å². The molecule has 1 N–H and O–H groups in total. The molecule has 1 aromatic carbocycles. The van der Waals surface area contributed by atoms with Crippen molar-refractivity contribution in [2.45, 2.75) is 26.7 Å². The van der Waals surface area contributed by atoms with Crippen molar-refractivity contribution in [3.63, 3.8) is 0 Å². The number of sulfonamides is 1. The molecule has 0 fully saturated rings. The number of benzene rings is 1. The molecular weight excluding hydrogens is 304 g/mol. The van der Waals surface area contributed by atoms with E-state index in [-0.39, 0.29) is 18.9 Å². The number of hydrogen-bond acceptors (Lipinski definition) is 4. The van der Waals surface area contributed by atoms with E-state index in [1.807, 2.05) is 13.8 Å². The molecule has 1 rings (SSSR count). The van der Waals surface area contributed by atoms with Gasteiger partial charge in [-0.2, -0.15) is 0 Å². The summed E-state index contributed by atoms with van der Waals surface area (Å²) in [5.74, 6) is 0.447. The van der Waals surface area contributed by atoms with Crippen LogP contribution in [0.25, 0.3) is 0 Å². The van der Waals surface area contributed by atoms with Crippen molar-refractivity contribution in [1.29, 1.82) is 0 Å². The van der Waals surface area contributed by atoms with Gasteiger partial charge in [0.15, 0.2) is 0 Å². The molecule has 6 nitrogen and oxygen atoms in total. The smallest absolute Gasteiger partial charge is 0.232 e. The lowest BCUT2D eigenvalue weighted by Crippen LogP contribution is -2.32. The Labute approximate surface area is 132 Å². The Kier molecular flexibility index (Phi) is 7.17. The summed E-state index contributed by atoms with van der Waals surface area (Å²) in [4.78, 5) is 11.5.